The topological polar surface area (TPSA) is 47.9 Å². The van der Waals surface area contributed by atoms with Crippen molar-refractivity contribution in [3.05, 3.63) is 24.3 Å². The van der Waals surface area contributed by atoms with Crippen molar-refractivity contribution in [1.29, 1.82) is 0 Å². The average molecular weight is 332 g/mol. The molecule has 24 heavy (non-hydrogen) atoms. The molecule has 132 valence electrons. The van der Waals surface area contributed by atoms with Crippen LogP contribution in [-0.4, -0.2) is 42.1 Å². The lowest BCUT2D eigenvalue weighted by atomic mass is 9.74. The van der Waals surface area contributed by atoms with Crippen LogP contribution in [0.4, 0.5) is 0 Å². The van der Waals surface area contributed by atoms with Gasteiger partial charge in [0.15, 0.2) is 0 Å². The van der Waals surface area contributed by atoms with Crippen LogP contribution in [0.25, 0.3) is 0 Å². The molecule has 0 bridgehead atoms. The molecular formula is C18H30B2O4. The molecule has 1 fully saturated rings. The normalized spacial score (nSPS) is 20.3. The van der Waals surface area contributed by atoms with E-state index in [2.05, 4.69) is 0 Å². The van der Waals surface area contributed by atoms with Gasteiger partial charge in [0.25, 0.3) is 0 Å². The van der Waals surface area contributed by atoms with Gasteiger partial charge in [0, 0.05) is 0 Å². The Morgan fingerprint density at radius 3 is 2.08 bits per heavy atom. The fourth-order valence-electron chi connectivity index (χ4n) is 2.25. The van der Waals surface area contributed by atoms with E-state index in [-0.39, 0.29) is 18.3 Å². The van der Waals surface area contributed by atoms with E-state index in [1.165, 1.54) is 0 Å². The first kappa shape index (κ1) is 19.5. The smallest absolute Gasteiger partial charge is 0.427 e. The molecule has 0 aromatic heterocycles. The second-order valence-electron chi connectivity index (χ2n) is 8.69. The minimum Gasteiger partial charge on any atom is -0.427 e. The van der Waals surface area contributed by atoms with Crippen molar-refractivity contribution in [1.82, 2.24) is 0 Å². The summed E-state index contributed by atoms with van der Waals surface area (Å²) in [6.45, 7) is 15.5. The Bertz CT molecular complexity index is 575. The van der Waals surface area contributed by atoms with Crippen LogP contribution in [0, 0.1) is 0 Å². The quantitative estimate of drug-likeness (QED) is 0.831. The van der Waals surface area contributed by atoms with Crippen LogP contribution in [0.3, 0.4) is 0 Å². The lowest BCUT2D eigenvalue weighted by Gasteiger charge is -2.37. The van der Waals surface area contributed by atoms with E-state index in [1.54, 1.807) is 13.8 Å². The molecule has 0 aliphatic carbocycles. The van der Waals surface area contributed by atoms with Crippen molar-refractivity contribution in [3.8, 4) is 0 Å². The lowest BCUT2D eigenvalue weighted by Crippen LogP contribution is -2.49. The van der Waals surface area contributed by atoms with Gasteiger partial charge >= 0.3 is 14.6 Å². The van der Waals surface area contributed by atoms with Gasteiger partial charge in [-0.3, -0.25) is 0 Å². The van der Waals surface area contributed by atoms with Crippen LogP contribution in [0.2, 0.25) is 0 Å². The standard InChI is InChI=1S/C18H30B2O4/c1-15(2,21)16(3,4)22-19-13-10-9-11-14(12-13)20-23-17(5,6)18(7,8)24-20/h9-12,19,21H,1-8H3. The molecule has 0 radical (unpaired) electrons. The van der Waals surface area contributed by atoms with Gasteiger partial charge in [-0.25, -0.2) is 0 Å². The molecule has 1 saturated heterocycles. The van der Waals surface area contributed by atoms with E-state index in [1.807, 2.05) is 65.8 Å². The molecule has 0 unspecified atom stereocenters. The number of hydrogen-bond acceptors (Lipinski definition) is 4. The third kappa shape index (κ3) is 3.88. The van der Waals surface area contributed by atoms with E-state index in [9.17, 15) is 5.11 Å². The minimum atomic E-state index is -0.920. The summed E-state index contributed by atoms with van der Waals surface area (Å²) >= 11 is 0. The predicted molar refractivity (Wildman–Crippen MR) is 100 cm³/mol. The zero-order valence-electron chi connectivity index (χ0n) is 16.3. The number of aliphatic hydroxyl groups is 1. The van der Waals surface area contributed by atoms with Crippen LogP contribution < -0.4 is 10.9 Å². The van der Waals surface area contributed by atoms with Crippen molar-refractivity contribution in [2.75, 3.05) is 0 Å². The maximum Gasteiger partial charge on any atom is 0.494 e. The van der Waals surface area contributed by atoms with Crippen molar-refractivity contribution < 1.29 is 19.1 Å². The van der Waals surface area contributed by atoms with Crippen LogP contribution in [0.1, 0.15) is 55.4 Å². The monoisotopic (exact) mass is 332 g/mol. The van der Waals surface area contributed by atoms with E-state index < -0.39 is 11.2 Å². The number of benzene rings is 1. The Kier molecular flexibility index (Phi) is 5.02. The van der Waals surface area contributed by atoms with Gasteiger partial charge in [-0.15, -0.1) is 0 Å². The van der Waals surface area contributed by atoms with Gasteiger partial charge in [-0.05, 0) is 60.9 Å². The molecule has 1 aromatic rings. The summed E-state index contributed by atoms with van der Waals surface area (Å²) in [5.74, 6) is 0. The van der Waals surface area contributed by atoms with Crippen LogP contribution >= 0.6 is 0 Å². The summed E-state index contributed by atoms with van der Waals surface area (Å²) in [4.78, 5) is 0. The van der Waals surface area contributed by atoms with E-state index >= 15 is 0 Å². The molecule has 1 aliphatic rings. The molecule has 0 spiro atoms. The second-order valence-corrected chi connectivity index (χ2v) is 8.69. The SMILES string of the molecule is CC(C)(O)C(C)(C)OBc1cccc(B2OC(C)(C)C(C)(C)O2)c1. The van der Waals surface area contributed by atoms with Crippen LogP contribution in [-0.2, 0) is 14.0 Å². The van der Waals surface area contributed by atoms with Crippen molar-refractivity contribution in [2.45, 2.75) is 77.8 Å². The Morgan fingerprint density at radius 1 is 1.04 bits per heavy atom. The number of rotatable bonds is 5. The van der Waals surface area contributed by atoms with E-state index in [0.29, 0.717) is 7.48 Å². The zero-order chi connectivity index (χ0) is 18.4. The van der Waals surface area contributed by atoms with Crippen molar-refractivity contribution in [2.24, 2.45) is 0 Å². The fraction of sp³-hybridized carbons (Fsp3) is 0.667. The largest absolute Gasteiger partial charge is 0.494 e. The highest BCUT2D eigenvalue weighted by Gasteiger charge is 2.51. The third-order valence-corrected chi connectivity index (χ3v) is 5.55. The maximum atomic E-state index is 10.2. The Hall–Kier alpha value is -0.810. The summed E-state index contributed by atoms with van der Waals surface area (Å²) < 4.78 is 18.2. The molecule has 4 nitrogen and oxygen atoms in total. The van der Waals surface area contributed by atoms with Crippen molar-refractivity contribution in [3.63, 3.8) is 0 Å². The molecule has 1 heterocycles. The van der Waals surface area contributed by atoms with Crippen molar-refractivity contribution >= 4 is 25.5 Å². The molecule has 1 N–H and O–H groups in total. The summed E-state index contributed by atoms with van der Waals surface area (Å²) in [5, 5.41) is 10.2. The second kappa shape index (κ2) is 6.17. The summed E-state index contributed by atoms with van der Waals surface area (Å²) in [7, 11) is 0.0434. The zero-order valence-corrected chi connectivity index (χ0v) is 16.3. The molecule has 0 atom stereocenters. The van der Waals surface area contributed by atoms with E-state index in [0.717, 1.165) is 10.9 Å². The average Bonchev–Trinajstić information content (AvgIpc) is 2.64. The summed E-state index contributed by atoms with van der Waals surface area (Å²) in [6, 6.07) is 8.04. The fourth-order valence-corrected chi connectivity index (χ4v) is 2.25. The molecule has 0 amide bonds. The van der Waals surface area contributed by atoms with E-state index in [4.69, 9.17) is 14.0 Å². The maximum absolute atomic E-state index is 10.2. The van der Waals surface area contributed by atoms with Gasteiger partial charge < -0.3 is 19.1 Å². The highest BCUT2D eigenvalue weighted by atomic mass is 16.7. The van der Waals surface area contributed by atoms with Gasteiger partial charge in [-0.2, -0.15) is 0 Å². The van der Waals surface area contributed by atoms with Crippen LogP contribution in [0.5, 0.6) is 0 Å². The Labute approximate surface area is 147 Å². The molecule has 2 rings (SSSR count). The van der Waals surface area contributed by atoms with Gasteiger partial charge in [0.2, 0.25) is 0 Å². The first-order valence-electron chi connectivity index (χ1n) is 8.56. The predicted octanol–water partition coefficient (Wildman–Crippen LogP) is 1.53. The summed E-state index contributed by atoms with van der Waals surface area (Å²) in [6.07, 6.45) is 0. The molecule has 0 saturated carbocycles. The first-order chi connectivity index (χ1) is 10.8. The Morgan fingerprint density at radius 2 is 1.58 bits per heavy atom. The van der Waals surface area contributed by atoms with Crippen LogP contribution in [0.15, 0.2) is 24.3 Å². The Balaban J connectivity index is 2.11. The van der Waals surface area contributed by atoms with Gasteiger partial charge in [0.05, 0.1) is 22.4 Å². The van der Waals surface area contributed by atoms with Gasteiger partial charge in [0.1, 0.15) is 0 Å². The highest BCUT2D eigenvalue weighted by molar-refractivity contribution is 6.63. The lowest BCUT2D eigenvalue weighted by molar-refractivity contribution is -0.0893. The molecule has 1 aromatic carbocycles. The molecule has 6 heteroatoms. The highest BCUT2D eigenvalue weighted by Crippen LogP contribution is 2.36. The third-order valence-electron chi connectivity index (χ3n) is 5.55. The molecular weight excluding hydrogens is 302 g/mol. The number of hydrogen-bond donors (Lipinski definition) is 1. The minimum absolute atomic E-state index is 0.354. The summed E-state index contributed by atoms with van der Waals surface area (Å²) in [5.41, 5.74) is -0.264. The first-order valence-corrected chi connectivity index (χ1v) is 8.56. The van der Waals surface area contributed by atoms with Gasteiger partial charge in [-0.1, -0.05) is 29.7 Å². The molecule has 1 aliphatic heterocycles.